The number of aromatic nitrogens is 4. The molecule has 1 aliphatic rings. The second kappa shape index (κ2) is 4.05. The molecule has 2 heterocycles. The van der Waals surface area contributed by atoms with Crippen LogP contribution in [0.3, 0.4) is 0 Å². The molecule has 1 N–H and O–H groups in total. The molecule has 84 valence electrons. The van der Waals surface area contributed by atoms with Crippen LogP contribution < -0.4 is 5.32 Å². The number of hydrogen-bond acceptors (Lipinski definition) is 5. The van der Waals surface area contributed by atoms with Crippen LogP contribution in [0.15, 0.2) is 23.2 Å². The van der Waals surface area contributed by atoms with Gasteiger partial charge in [-0.25, -0.2) is 9.67 Å². The first-order chi connectivity index (χ1) is 7.90. The highest BCUT2D eigenvalue weighted by atomic mass is 16.5. The van der Waals surface area contributed by atoms with E-state index in [0.717, 1.165) is 18.0 Å². The second-order valence-electron chi connectivity index (χ2n) is 4.03. The van der Waals surface area contributed by atoms with Crippen molar-refractivity contribution in [3.05, 3.63) is 30.2 Å². The summed E-state index contributed by atoms with van der Waals surface area (Å²) in [6.07, 6.45) is 5.73. The van der Waals surface area contributed by atoms with E-state index in [9.17, 15) is 0 Å². The minimum absolute atomic E-state index is 0.580. The maximum absolute atomic E-state index is 5.21. The van der Waals surface area contributed by atoms with Crippen LogP contribution in [0.5, 0.6) is 0 Å². The normalized spacial score (nSPS) is 15.5. The van der Waals surface area contributed by atoms with Gasteiger partial charge in [-0.05, 0) is 12.8 Å². The fourth-order valence-electron chi connectivity index (χ4n) is 1.52. The van der Waals surface area contributed by atoms with Gasteiger partial charge in [0.15, 0.2) is 5.76 Å². The van der Waals surface area contributed by atoms with E-state index in [1.54, 1.807) is 11.0 Å². The van der Waals surface area contributed by atoms with E-state index in [1.165, 1.54) is 19.2 Å². The van der Waals surface area contributed by atoms with Gasteiger partial charge in [-0.2, -0.15) is 5.10 Å². The highest BCUT2D eigenvalue weighted by Crippen LogP contribution is 2.19. The molecular formula is C10H13N5O. The molecule has 0 saturated heterocycles. The highest BCUT2D eigenvalue weighted by molar-refractivity contribution is 5.05. The SMILES string of the molecule is c1ncn(Cc2cc(CNC3CC3)no2)n1. The molecule has 0 aliphatic heterocycles. The Balaban J connectivity index is 1.58. The number of rotatable bonds is 5. The number of nitrogens with zero attached hydrogens (tertiary/aromatic N) is 4. The summed E-state index contributed by atoms with van der Waals surface area (Å²) in [6, 6.07) is 2.65. The third-order valence-electron chi connectivity index (χ3n) is 2.54. The Bertz CT molecular complexity index is 445. The minimum atomic E-state index is 0.580. The molecule has 6 nitrogen and oxygen atoms in total. The molecule has 1 aliphatic carbocycles. The summed E-state index contributed by atoms with van der Waals surface area (Å²) in [5.74, 6) is 0.804. The van der Waals surface area contributed by atoms with E-state index in [4.69, 9.17) is 4.52 Å². The van der Waals surface area contributed by atoms with Crippen LogP contribution in [-0.4, -0.2) is 26.0 Å². The molecule has 3 rings (SSSR count). The Morgan fingerprint density at radius 2 is 2.44 bits per heavy atom. The van der Waals surface area contributed by atoms with Crippen molar-refractivity contribution in [2.24, 2.45) is 0 Å². The zero-order chi connectivity index (χ0) is 10.8. The van der Waals surface area contributed by atoms with Crippen molar-refractivity contribution in [2.45, 2.75) is 32.0 Å². The van der Waals surface area contributed by atoms with Gasteiger partial charge < -0.3 is 9.84 Å². The van der Waals surface area contributed by atoms with Gasteiger partial charge in [0.1, 0.15) is 19.2 Å². The average Bonchev–Trinajstić information content (AvgIpc) is 2.78. The lowest BCUT2D eigenvalue weighted by molar-refractivity contribution is 0.364. The summed E-state index contributed by atoms with van der Waals surface area (Å²) in [5.41, 5.74) is 0.946. The third kappa shape index (κ3) is 2.27. The molecule has 0 spiro atoms. The van der Waals surface area contributed by atoms with E-state index in [2.05, 4.69) is 20.6 Å². The van der Waals surface area contributed by atoms with Gasteiger partial charge in [0.2, 0.25) is 0 Å². The second-order valence-corrected chi connectivity index (χ2v) is 4.03. The fraction of sp³-hybridized carbons (Fsp3) is 0.500. The predicted molar refractivity (Wildman–Crippen MR) is 55.5 cm³/mol. The molecule has 0 radical (unpaired) electrons. The molecule has 16 heavy (non-hydrogen) atoms. The van der Waals surface area contributed by atoms with Crippen molar-refractivity contribution in [1.29, 1.82) is 0 Å². The predicted octanol–water partition coefficient (Wildman–Crippen LogP) is 0.566. The highest BCUT2D eigenvalue weighted by Gasteiger charge is 2.20. The minimum Gasteiger partial charge on any atom is -0.359 e. The van der Waals surface area contributed by atoms with E-state index in [0.29, 0.717) is 12.6 Å². The Hall–Kier alpha value is -1.69. The molecule has 0 amide bonds. The molecule has 0 atom stereocenters. The van der Waals surface area contributed by atoms with Crippen LogP contribution in [0.2, 0.25) is 0 Å². The summed E-state index contributed by atoms with van der Waals surface area (Å²) >= 11 is 0. The van der Waals surface area contributed by atoms with Crippen LogP contribution in [0, 0.1) is 0 Å². The molecule has 2 aromatic heterocycles. The lowest BCUT2D eigenvalue weighted by Crippen LogP contribution is -2.15. The van der Waals surface area contributed by atoms with E-state index in [-0.39, 0.29) is 0 Å². The van der Waals surface area contributed by atoms with Crippen LogP contribution in [0.4, 0.5) is 0 Å². The maximum Gasteiger partial charge on any atom is 0.158 e. The van der Waals surface area contributed by atoms with Crippen LogP contribution in [0.25, 0.3) is 0 Å². The van der Waals surface area contributed by atoms with Crippen molar-refractivity contribution in [2.75, 3.05) is 0 Å². The lowest BCUT2D eigenvalue weighted by atomic mass is 10.3. The van der Waals surface area contributed by atoms with Crippen molar-refractivity contribution < 1.29 is 4.52 Å². The summed E-state index contributed by atoms with van der Waals surface area (Å²) in [4.78, 5) is 3.87. The van der Waals surface area contributed by atoms with Crippen molar-refractivity contribution in [3.8, 4) is 0 Å². The van der Waals surface area contributed by atoms with Crippen molar-refractivity contribution >= 4 is 0 Å². The zero-order valence-corrected chi connectivity index (χ0v) is 8.83. The Labute approximate surface area is 92.6 Å². The summed E-state index contributed by atoms with van der Waals surface area (Å²) < 4.78 is 6.92. The van der Waals surface area contributed by atoms with Crippen molar-refractivity contribution in [1.82, 2.24) is 25.2 Å². The maximum atomic E-state index is 5.21. The van der Waals surface area contributed by atoms with Gasteiger partial charge in [0.25, 0.3) is 0 Å². The first-order valence-electron chi connectivity index (χ1n) is 5.40. The van der Waals surface area contributed by atoms with E-state index in [1.807, 2.05) is 6.07 Å². The molecule has 2 aromatic rings. The topological polar surface area (TPSA) is 68.8 Å². The first-order valence-corrected chi connectivity index (χ1v) is 5.40. The largest absolute Gasteiger partial charge is 0.359 e. The molecular weight excluding hydrogens is 206 g/mol. The van der Waals surface area contributed by atoms with Gasteiger partial charge >= 0.3 is 0 Å². The summed E-state index contributed by atoms with van der Waals surface area (Å²) in [5, 5.41) is 11.4. The van der Waals surface area contributed by atoms with E-state index < -0.39 is 0 Å². The zero-order valence-electron chi connectivity index (χ0n) is 8.83. The van der Waals surface area contributed by atoms with Crippen LogP contribution in [0.1, 0.15) is 24.3 Å². The molecule has 1 fully saturated rings. The van der Waals surface area contributed by atoms with Crippen LogP contribution in [-0.2, 0) is 13.1 Å². The van der Waals surface area contributed by atoms with Gasteiger partial charge in [-0.15, -0.1) is 0 Å². The Morgan fingerprint density at radius 1 is 1.50 bits per heavy atom. The summed E-state index contributed by atoms with van der Waals surface area (Å²) in [7, 11) is 0. The Morgan fingerprint density at radius 3 is 3.19 bits per heavy atom. The standard InChI is InChI=1S/C10H13N5O/c1-2-8(1)12-4-9-3-10(16-14-9)5-15-7-11-6-13-15/h3,6-8,12H,1-2,4-5H2. The number of nitrogens with one attached hydrogen (secondary N) is 1. The third-order valence-corrected chi connectivity index (χ3v) is 2.54. The quantitative estimate of drug-likeness (QED) is 0.796. The average molecular weight is 219 g/mol. The first kappa shape index (κ1) is 9.53. The lowest BCUT2D eigenvalue weighted by Gasteiger charge is -1.95. The number of hydrogen-bond donors (Lipinski definition) is 1. The van der Waals surface area contributed by atoms with E-state index >= 15 is 0 Å². The molecule has 0 aromatic carbocycles. The van der Waals surface area contributed by atoms with Gasteiger partial charge in [-0.1, -0.05) is 5.16 Å². The van der Waals surface area contributed by atoms with Crippen molar-refractivity contribution in [3.63, 3.8) is 0 Å². The Kier molecular flexibility index (Phi) is 2.41. The van der Waals surface area contributed by atoms with Crippen LogP contribution >= 0.6 is 0 Å². The van der Waals surface area contributed by atoms with Gasteiger partial charge in [0, 0.05) is 18.7 Å². The smallest absolute Gasteiger partial charge is 0.158 e. The molecule has 6 heteroatoms. The molecule has 0 unspecified atom stereocenters. The fourth-order valence-corrected chi connectivity index (χ4v) is 1.52. The monoisotopic (exact) mass is 219 g/mol. The van der Waals surface area contributed by atoms with Gasteiger partial charge in [-0.3, -0.25) is 0 Å². The van der Waals surface area contributed by atoms with Gasteiger partial charge in [0.05, 0.1) is 5.69 Å². The molecule has 0 bridgehead atoms. The molecule has 1 saturated carbocycles. The summed E-state index contributed by atoms with van der Waals surface area (Å²) in [6.45, 7) is 1.36.